The molecule has 0 aromatic heterocycles. The first-order valence-corrected chi connectivity index (χ1v) is 9.72. The van der Waals surface area contributed by atoms with Crippen LogP contribution in [0.25, 0.3) is 0 Å². The number of carbonyl (C=O) groups excluding carboxylic acids is 1. The molecule has 22 heavy (non-hydrogen) atoms. The lowest BCUT2D eigenvalue weighted by molar-refractivity contribution is -0.121. The maximum atomic E-state index is 12.2. The number of nitrogens with one attached hydrogen (secondary N) is 1. The molecule has 0 saturated heterocycles. The molecule has 0 radical (unpaired) electrons. The van der Waals surface area contributed by atoms with Gasteiger partial charge in [0, 0.05) is 0 Å². The summed E-state index contributed by atoms with van der Waals surface area (Å²) in [7, 11) is -3.33. The first-order chi connectivity index (χ1) is 10.3. The molecule has 122 valence electrons. The minimum atomic E-state index is -3.33. The molecule has 1 aliphatic carbocycles. The van der Waals surface area contributed by atoms with E-state index in [1.165, 1.54) is 0 Å². The van der Waals surface area contributed by atoms with Crippen LogP contribution in [0, 0.1) is 5.92 Å². The molecule has 1 aliphatic rings. The molecule has 1 aromatic rings. The molecule has 5 heteroatoms. The lowest BCUT2D eigenvalue weighted by atomic mass is 9.72. The summed E-state index contributed by atoms with van der Waals surface area (Å²) < 4.78 is 24.0. The molecule has 2 rings (SSSR count). The first kappa shape index (κ1) is 17.0. The van der Waals surface area contributed by atoms with Crippen LogP contribution in [0.5, 0.6) is 0 Å². The van der Waals surface area contributed by atoms with Gasteiger partial charge in [-0.05, 0) is 37.2 Å². The number of carbonyl (C=O) groups is 1. The highest BCUT2D eigenvalue weighted by atomic mass is 32.2. The van der Waals surface area contributed by atoms with Gasteiger partial charge in [0.05, 0.1) is 11.3 Å². The van der Waals surface area contributed by atoms with Gasteiger partial charge < -0.3 is 5.32 Å². The Morgan fingerprint density at radius 2 is 1.86 bits per heavy atom. The van der Waals surface area contributed by atoms with E-state index in [9.17, 15) is 13.2 Å². The van der Waals surface area contributed by atoms with Gasteiger partial charge in [-0.15, -0.1) is 0 Å². The maximum absolute atomic E-state index is 12.2. The van der Waals surface area contributed by atoms with Crippen molar-refractivity contribution < 1.29 is 13.2 Å². The van der Waals surface area contributed by atoms with Crippen molar-refractivity contribution >= 4 is 15.7 Å². The second-order valence-corrected chi connectivity index (χ2v) is 8.81. The van der Waals surface area contributed by atoms with Gasteiger partial charge in [0.15, 0.2) is 9.84 Å². The number of benzene rings is 1. The summed E-state index contributed by atoms with van der Waals surface area (Å²) in [5, 5.41) is 2.97. The highest BCUT2D eigenvalue weighted by molar-refractivity contribution is 7.92. The molecule has 1 N–H and O–H groups in total. The molecule has 1 fully saturated rings. The molecule has 0 unspecified atom stereocenters. The Bertz CT molecular complexity index is 604. The molecule has 1 saturated carbocycles. The lowest BCUT2D eigenvalue weighted by Crippen LogP contribution is -2.52. The summed E-state index contributed by atoms with van der Waals surface area (Å²) in [4.78, 5) is 12.2. The zero-order valence-electron chi connectivity index (χ0n) is 13.3. The fourth-order valence-electron chi connectivity index (χ4n) is 2.76. The highest BCUT2D eigenvalue weighted by Crippen LogP contribution is 2.41. The van der Waals surface area contributed by atoms with Crippen LogP contribution in [-0.4, -0.2) is 25.8 Å². The van der Waals surface area contributed by atoms with Gasteiger partial charge in [0.25, 0.3) is 0 Å². The van der Waals surface area contributed by atoms with Gasteiger partial charge in [0.2, 0.25) is 5.91 Å². The van der Waals surface area contributed by atoms with Gasteiger partial charge in [-0.3, -0.25) is 4.79 Å². The Kier molecular flexibility index (Phi) is 5.27. The van der Waals surface area contributed by atoms with Gasteiger partial charge in [0.1, 0.15) is 5.75 Å². The van der Waals surface area contributed by atoms with Crippen molar-refractivity contribution in [2.75, 3.05) is 11.5 Å². The maximum Gasteiger partial charge on any atom is 0.235 e. The van der Waals surface area contributed by atoms with Crippen LogP contribution in [0.4, 0.5) is 0 Å². The van der Waals surface area contributed by atoms with Crippen molar-refractivity contribution in [2.24, 2.45) is 5.92 Å². The second kappa shape index (κ2) is 6.82. The number of hydrogen-bond donors (Lipinski definition) is 1. The quantitative estimate of drug-likeness (QED) is 0.839. The van der Waals surface area contributed by atoms with E-state index in [1.807, 2.05) is 44.2 Å². The van der Waals surface area contributed by atoms with Crippen LogP contribution in [0.3, 0.4) is 0 Å². The number of rotatable bonds is 7. The Balaban J connectivity index is 1.99. The van der Waals surface area contributed by atoms with E-state index in [2.05, 4.69) is 5.32 Å². The first-order valence-electron chi connectivity index (χ1n) is 7.90. The molecular weight excluding hydrogens is 298 g/mol. The number of amides is 1. The molecule has 0 spiro atoms. The Hall–Kier alpha value is -1.36. The number of sulfone groups is 1. The molecular formula is C17H25NO3S. The van der Waals surface area contributed by atoms with E-state index in [4.69, 9.17) is 0 Å². The van der Waals surface area contributed by atoms with Crippen LogP contribution in [0.2, 0.25) is 0 Å². The monoisotopic (exact) mass is 323 g/mol. The summed E-state index contributed by atoms with van der Waals surface area (Å²) >= 11 is 0. The Morgan fingerprint density at radius 3 is 2.36 bits per heavy atom. The topological polar surface area (TPSA) is 63.2 Å². The summed E-state index contributed by atoms with van der Waals surface area (Å²) in [5.41, 5.74) is 0.695. The zero-order valence-corrected chi connectivity index (χ0v) is 14.2. The second-order valence-electron chi connectivity index (χ2n) is 6.62. The van der Waals surface area contributed by atoms with E-state index in [0.29, 0.717) is 12.3 Å². The predicted molar refractivity (Wildman–Crippen MR) is 88.2 cm³/mol. The minimum absolute atomic E-state index is 0.0798. The van der Waals surface area contributed by atoms with E-state index in [1.54, 1.807) is 0 Å². The smallest absolute Gasteiger partial charge is 0.235 e. The van der Waals surface area contributed by atoms with Crippen LogP contribution < -0.4 is 5.32 Å². The third kappa shape index (κ3) is 4.32. The average Bonchev–Trinajstić information content (AvgIpc) is 2.41. The Labute approximate surface area is 133 Å². The number of hydrogen-bond acceptors (Lipinski definition) is 3. The van der Waals surface area contributed by atoms with Crippen molar-refractivity contribution in [1.29, 1.82) is 0 Å². The van der Waals surface area contributed by atoms with Crippen LogP contribution >= 0.6 is 0 Å². The summed E-state index contributed by atoms with van der Waals surface area (Å²) in [5.74, 6) is -0.391. The van der Waals surface area contributed by atoms with Crippen molar-refractivity contribution in [3.8, 4) is 0 Å². The third-order valence-corrected chi connectivity index (χ3v) is 5.83. The van der Waals surface area contributed by atoms with Crippen molar-refractivity contribution in [3.05, 3.63) is 35.9 Å². The highest BCUT2D eigenvalue weighted by Gasteiger charge is 2.40. The van der Waals surface area contributed by atoms with Gasteiger partial charge in [-0.1, -0.05) is 44.2 Å². The fraction of sp³-hybridized carbons (Fsp3) is 0.588. The largest absolute Gasteiger partial charge is 0.346 e. The molecule has 4 nitrogen and oxygen atoms in total. The summed E-state index contributed by atoms with van der Waals surface area (Å²) in [6, 6.07) is 9.81. The van der Waals surface area contributed by atoms with Crippen molar-refractivity contribution in [1.82, 2.24) is 5.32 Å². The molecule has 1 aromatic carbocycles. The van der Waals surface area contributed by atoms with E-state index in [-0.39, 0.29) is 17.2 Å². The Morgan fingerprint density at radius 1 is 1.23 bits per heavy atom. The van der Waals surface area contributed by atoms with Crippen LogP contribution in [-0.2, 0) is 20.2 Å². The SMILES string of the molecule is CC(C)CCS(=O)(=O)CC(=O)NC1(c2ccccc2)CCC1. The van der Waals surface area contributed by atoms with Crippen molar-refractivity contribution in [2.45, 2.75) is 45.1 Å². The fourth-order valence-corrected chi connectivity index (χ4v) is 4.21. The summed E-state index contributed by atoms with van der Waals surface area (Å²) in [6.07, 6.45) is 3.39. The summed E-state index contributed by atoms with van der Waals surface area (Å²) in [6.45, 7) is 3.96. The van der Waals surface area contributed by atoms with E-state index >= 15 is 0 Å². The molecule has 0 aliphatic heterocycles. The third-order valence-electron chi connectivity index (χ3n) is 4.27. The van der Waals surface area contributed by atoms with Crippen molar-refractivity contribution in [3.63, 3.8) is 0 Å². The average molecular weight is 323 g/mol. The minimum Gasteiger partial charge on any atom is -0.346 e. The lowest BCUT2D eigenvalue weighted by Gasteiger charge is -2.43. The zero-order chi connectivity index (χ0) is 16.2. The molecule has 0 bridgehead atoms. The normalized spacial score (nSPS) is 17.0. The predicted octanol–water partition coefficient (Wildman–Crippen LogP) is 2.64. The van der Waals surface area contributed by atoms with E-state index in [0.717, 1.165) is 24.8 Å². The standard InChI is InChI=1S/C17H25NO3S/c1-14(2)9-12-22(20,21)13-16(19)18-17(10-6-11-17)15-7-4-3-5-8-15/h3-5,7-8,14H,6,9-13H2,1-2H3,(H,18,19). The molecule has 0 heterocycles. The van der Waals surface area contributed by atoms with Crippen LogP contribution in [0.15, 0.2) is 30.3 Å². The van der Waals surface area contributed by atoms with Gasteiger partial charge in [-0.2, -0.15) is 0 Å². The van der Waals surface area contributed by atoms with E-state index < -0.39 is 15.6 Å². The molecule has 1 amide bonds. The molecule has 0 atom stereocenters. The van der Waals surface area contributed by atoms with Gasteiger partial charge in [-0.25, -0.2) is 8.42 Å². The van der Waals surface area contributed by atoms with Gasteiger partial charge >= 0.3 is 0 Å². The van der Waals surface area contributed by atoms with Crippen LogP contribution in [0.1, 0.15) is 45.1 Å².